The molecule has 1 heterocycles. The molecular weight excluding hydrogens is 132 g/mol. The third-order valence-electron chi connectivity index (χ3n) is 1.45. The Morgan fingerprint density at radius 3 is 3.00 bits per heavy atom. The van der Waals surface area contributed by atoms with Gasteiger partial charge >= 0.3 is 5.97 Å². The Kier molecular flexibility index (Phi) is 1.89. The molecule has 4 heteroatoms. The van der Waals surface area contributed by atoms with Crippen LogP contribution in [0.25, 0.3) is 0 Å². The van der Waals surface area contributed by atoms with Crippen LogP contribution in [0.5, 0.6) is 0 Å². The van der Waals surface area contributed by atoms with E-state index >= 15 is 0 Å². The number of nitrogens with one attached hydrogen (secondary N) is 1. The van der Waals surface area contributed by atoms with Crippen molar-refractivity contribution in [2.24, 2.45) is 4.99 Å². The molecule has 1 aliphatic rings. The fourth-order valence-electron chi connectivity index (χ4n) is 0.917. The molecule has 0 fully saturated rings. The first-order valence-corrected chi connectivity index (χ1v) is 3.20. The molecule has 10 heavy (non-hydrogen) atoms. The maximum Gasteiger partial charge on any atom is 0.326 e. The van der Waals surface area contributed by atoms with Crippen molar-refractivity contribution in [3.63, 3.8) is 0 Å². The van der Waals surface area contributed by atoms with E-state index in [1.54, 1.807) is 6.92 Å². The molecule has 0 radical (unpaired) electrons. The summed E-state index contributed by atoms with van der Waals surface area (Å²) in [6.07, 6.45) is 0.590. The van der Waals surface area contributed by atoms with Gasteiger partial charge in [-0.1, -0.05) is 0 Å². The SMILES string of the molecule is CC1=NCC[C@H](C(=O)O)N1. The molecule has 1 rings (SSSR count). The summed E-state index contributed by atoms with van der Waals surface area (Å²) in [4.78, 5) is 14.4. The van der Waals surface area contributed by atoms with Crippen LogP contribution in [-0.4, -0.2) is 29.5 Å². The van der Waals surface area contributed by atoms with Crippen molar-refractivity contribution in [1.82, 2.24) is 5.32 Å². The van der Waals surface area contributed by atoms with Crippen molar-refractivity contribution >= 4 is 11.8 Å². The van der Waals surface area contributed by atoms with Gasteiger partial charge in [0.25, 0.3) is 0 Å². The van der Waals surface area contributed by atoms with Crippen molar-refractivity contribution in [1.29, 1.82) is 0 Å². The first kappa shape index (κ1) is 7.05. The smallest absolute Gasteiger partial charge is 0.326 e. The summed E-state index contributed by atoms with van der Waals surface area (Å²) >= 11 is 0. The van der Waals surface area contributed by atoms with E-state index in [0.717, 1.165) is 5.84 Å². The van der Waals surface area contributed by atoms with Gasteiger partial charge in [0.1, 0.15) is 6.04 Å². The van der Waals surface area contributed by atoms with Gasteiger partial charge < -0.3 is 10.4 Å². The Bertz CT molecular complexity index is 177. The molecule has 0 aromatic heterocycles. The van der Waals surface area contributed by atoms with Gasteiger partial charge in [0, 0.05) is 6.54 Å². The van der Waals surface area contributed by atoms with Gasteiger partial charge in [-0.05, 0) is 13.3 Å². The number of carboxylic acids is 1. The second-order valence-corrected chi connectivity index (χ2v) is 2.29. The summed E-state index contributed by atoms with van der Waals surface area (Å²) in [5, 5.41) is 11.3. The van der Waals surface area contributed by atoms with E-state index in [1.165, 1.54) is 0 Å². The molecule has 0 saturated carbocycles. The monoisotopic (exact) mass is 142 g/mol. The molecule has 0 aromatic carbocycles. The van der Waals surface area contributed by atoms with Crippen LogP contribution >= 0.6 is 0 Å². The molecule has 0 amide bonds. The largest absolute Gasteiger partial charge is 0.480 e. The maximum atomic E-state index is 10.4. The van der Waals surface area contributed by atoms with Crippen molar-refractivity contribution < 1.29 is 9.90 Å². The molecule has 0 spiro atoms. The van der Waals surface area contributed by atoms with Gasteiger partial charge in [0.2, 0.25) is 0 Å². The normalized spacial score (nSPS) is 24.9. The van der Waals surface area contributed by atoms with Crippen molar-refractivity contribution in [2.75, 3.05) is 6.54 Å². The van der Waals surface area contributed by atoms with Crippen LogP contribution in [-0.2, 0) is 4.79 Å². The Labute approximate surface area is 59.0 Å². The van der Waals surface area contributed by atoms with E-state index in [-0.39, 0.29) is 0 Å². The van der Waals surface area contributed by atoms with Crippen molar-refractivity contribution in [3.05, 3.63) is 0 Å². The molecule has 0 bridgehead atoms. The van der Waals surface area contributed by atoms with Crippen molar-refractivity contribution in [2.45, 2.75) is 19.4 Å². The lowest BCUT2D eigenvalue weighted by Gasteiger charge is -2.18. The van der Waals surface area contributed by atoms with Crippen molar-refractivity contribution in [3.8, 4) is 0 Å². The number of aliphatic imine (C=N–C) groups is 1. The number of aliphatic carboxylic acids is 1. The molecule has 0 saturated heterocycles. The quantitative estimate of drug-likeness (QED) is 0.535. The summed E-state index contributed by atoms with van der Waals surface area (Å²) in [7, 11) is 0. The third-order valence-corrected chi connectivity index (χ3v) is 1.45. The highest BCUT2D eigenvalue weighted by Crippen LogP contribution is 1.98. The van der Waals surface area contributed by atoms with Crippen LogP contribution in [0.15, 0.2) is 4.99 Å². The minimum absolute atomic E-state index is 0.433. The van der Waals surface area contributed by atoms with Gasteiger partial charge in [-0.15, -0.1) is 0 Å². The molecular formula is C6H10N2O2. The lowest BCUT2D eigenvalue weighted by Crippen LogP contribution is -2.42. The highest BCUT2D eigenvalue weighted by Gasteiger charge is 2.19. The Morgan fingerprint density at radius 2 is 2.60 bits per heavy atom. The lowest BCUT2D eigenvalue weighted by atomic mass is 10.2. The molecule has 0 unspecified atom stereocenters. The number of nitrogens with zero attached hydrogens (tertiary/aromatic N) is 1. The first-order chi connectivity index (χ1) is 4.70. The fraction of sp³-hybridized carbons (Fsp3) is 0.667. The lowest BCUT2D eigenvalue weighted by molar-refractivity contribution is -0.139. The number of carbonyl (C=O) groups is 1. The standard InChI is InChI=1S/C6H10N2O2/c1-4-7-3-2-5(8-4)6(9)10/h5H,2-3H2,1H3,(H,7,8)(H,9,10)/t5-/m1/s1. The molecule has 0 aromatic rings. The Balaban J connectivity index is 2.53. The fourth-order valence-corrected chi connectivity index (χ4v) is 0.917. The molecule has 4 nitrogen and oxygen atoms in total. The third kappa shape index (κ3) is 1.46. The van der Waals surface area contributed by atoms with Gasteiger partial charge in [-0.2, -0.15) is 0 Å². The Hall–Kier alpha value is -1.06. The van der Waals surface area contributed by atoms with Crippen LogP contribution in [0, 0.1) is 0 Å². The number of carboxylic acid groups (broad SMARTS) is 1. The summed E-state index contributed by atoms with van der Waals surface area (Å²) < 4.78 is 0. The maximum absolute atomic E-state index is 10.4. The Morgan fingerprint density at radius 1 is 1.90 bits per heavy atom. The van der Waals surface area contributed by atoms with Crippen LogP contribution in [0.3, 0.4) is 0 Å². The van der Waals surface area contributed by atoms with Crippen LogP contribution in [0.1, 0.15) is 13.3 Å². The number of hydrogen-bond donors (Lipinski definition) is 2. The summed E-state index contributed by atoms with van der Waals surface area (Å²) in [5.41, 5.74) is 0. The van der Waals surface area contributed by atoms with Crippen LogP contribution in [0.4, 0.5) is 0 Å². The first-order valence-electron chi connectivity index (χ1n) is 3.20. The van der Waals surface area contributed by atoms with E-state index in [9.17, 15) is 4.79 Å². The molecule has 56 valence electrons. The molecule has 1 aliphatic heterocycles. The second kappa shape index (κ2) is 2.68. The number of hydrogen-bond acceptors (Lipinski definition) is 3. The van der Waals surface area contributed by atoms with E-state index in [4.69, 9.17) is 5.11 Å². The minimum Gasteiger partial charge on any atom is -0.480 e. The molecule has 0 aliphatic carbocycles. The van der Waals surface area contributed by atoms with E-state index in [0.29, 0.717) is 13.0 Å². The predicted molar refractivity (Wildman–Crippen MR) is 37.2 cm³/mol. The van der Waals surface area contributed by atoms with Gasteiger partial charge in [0.05, 0.1) is 5.84 Å². The van der Waals surface area contributed by atoms with E-state index in [1.807, 2.05) is 0 Å². The van der Waals surface area contributed by atoms with E-state index in [2.05, 4.69) is 10.3 Å². The molecule has 2 N–H and O–H groups in total. The number of amidine groups is 1. The van der Waals surface area contributed by atoms with E-state index < -0.39 is 12.0 Å². The zero-order valence-corrected chi connectivity index (χ0v) is 5.79. The number of rotatable bonds is 1. The zero-order chi connectivity index (χ0) is 7.56. The minimum atomic E-state index is -0.797. The van der Waals surface area contributed by atoms with Gasteiger partial charge in [-0.3, -0.25) is 4.99 Å². The van der Waals surface area contributed by atoms with Crippen LogP contribution < -0.4 is 5.32 Å². The summed E-state index contributed by atoms with van der Waals surface area (Å²) in [6.45, 7) is 2.39. The summed E-state index contributed by atoms with van der Waals surface area (Å²) in [6, 6.07) is -0.433. The highest BCUT2D eigenvalue weighted by atomic mass is 16.4. The average Bonchev–Trinajstić information content (AvgIpc) is 1.88. The average molecular weight is 142 g/mol. The van der Waals surface area contributed by atoms with Gasteiger partial charge in [-0.25, -0.2) is 4.79 Å². The topological polar surface area (TPSA) is 61.7 Å². The van der Waals surface area contributed by atoms with Gasteiger partial charge in [0.15, 0.2) is 0 Å². The van der Waals surface area contributed by atoms with Crippen LogP contribution in [0.2, 0.25) is 0 Å². The molecule has 1 atom stereocenters. The second-order valence-electron chi connectivity index (χ2n) is 2.29. The summed E-state index contributed by atoms with van der Waals surface area (Å²) in [5.74, 6) is -0.0760. The zero-order valence-electron chi connectivity index (χ0n) is 5.79. The highest BCUT2D eigenvalue weighted by molar-refractivity contribution is 5.86. The predicted octanol–water partition coefficient (Wildman–Crippen LogP) is -0.149.